The van der Waals surface area contributed by atoms with E-state index >= 15 is 0 Å². The Hall–Kier alpha value is -3.55. The van der Waals surface area contributed by atoms with Crippen molar-refractivity contribution in [2.24, 2.45) is 0 Å². The van der Waals surface area contributed by atoms with Crippen molar-refractivity contribution >= 4 is 34.6 Å². The maximum atomic E-state index is 6.39. The summed E-state index contributed by atoms with van der Waals surface area (Å²) < 4.78 is 13.2. The van der Waals surface area contributed by atoms with Crippen LogP contribution in [0.15, 0.2) is 72.9 Å². The minimum Gasteiger partial charge on any atom is -0.497 e. The Kier molecular flexibility index (Phi) is 6.60. The molecule has 0 bridgehead atoms. The number of nitrogens with one attached hydrogen (secondary N) is 1. The normalized spacial score (nSPS) is 17.2. The number of ether oxygens (including phenoxy) is 2. The second kappa shape index (κ2) is 9.84. The lowest BCUT2D eigenvalue weighted by atomic mass is 9.96. The van der Waals surface area contributed by atoms with Crippen molar-refractivity contribution in [1.82, 2.24) is 14.9 Å². The standard InChI is InChI=1S/C28H27ClN4O2S/c1-17-15-22(18(2)32(17)24-16-19(29)8-13-25(24)35-4)27-26(23-7-5-6-14-30-23)31-28(36)33(27)20-9-11-21(34-3)12-10-20/h5-16,26-27H,1-4H3,(H,31,36). The maximum absolute atomic E-state index is 6.39. The van der Waals surface area contributed by atoms with Crippen molar-refractivity contribution in [2.45, 2.75) is 25.9 Å². The molecule has 5 rings (SSSR count). The lowest BCUT2D eigenvalue weighted by Crippen LogP contribution is -2.29. The molecule has 0 amide bonds. The van der Waals surface area contributed by atoms with Gasteiger partial charge in [-0.25, -0.2) is 0 Å². The fourth-order valence-electron chi connectivity index (χ4n) is 4.99. The number of hydrogen-bond acceptors (Lipinski definition) is 4. The van der Waals surface area contributed by atoms with E-state index in [0.29, 0.717) is 10.1 Å². The van der Waals surface area contributed by atoms with Crippen molar-refractivity contribution in [3.63, 3.8) is 0 Å². The second-order valence-corrected chi connectivity index (χ2v) is 9.50. The number of benzene rings is 2. The summed E-state index contributed by atoms with van der Waals surface area (Å²) >= 11 is 12.3. The number of rotatable bonds is 6. The Morgan fingerprint density at radius 1 is 0.972 bits per heavy atom. The predicted octanol–water partition coefficient (Wildman–Crippen LogP) is 6.34. The number of methoxy groups -OCH3 is 2. The van der Waals surface area contributed by atoms with E-state index in [4.69, 9.17) is 33.3 Å². The van der Waals surface area contributed by atoms with Crippen LogP contribution >= 0.6 is 23.8 Å². The van der Waals surface area contributed by atoms with Crippen molar-refractivity contribution in [3.05, 3.63) is 101 Å². The van der Waals surface area contributed by atoms with E-state index in [1.807, 2.05) is 66.9 Å². The molecule has 1 aliphatic heterocycles. The van der Waals surface area contributed by atoms with Crippen LogP contribution in [0.2, 0.25) is 5.02 Å². The van der Waals surface area contributed by atoms with Gasteiger partial charge in [0.2, 0.25) is 0 Å². The van der Waals surface area contributed by atoms with Crippen LogP contribution in [0.25, 0.3) is 5.69 Å². The van der Waals surface area contributed by atoms with Crippen LogP contribution in [0.4, 0.5) is 5.69 Å². The summed E-state index contributed by atoms with van der Waals surface area (Å²) in [7, 11) is 3.33. The summed E-state index contributed by atoms with van der Waals surface area (Å²) in [5.74, 6) is 1.54. The number of thiocarbonyl (C=S) groups is 1. The third-order valence-corrected chi connectivity index (χ3v) is 7.17. The number of anilines is 1. The highest BCUT2D eigenvalue weighted by Crippen LogP contribution is 2.44. The Bertz CT molecular complexity index is 1410. The van der Waals surface area contributed by atoms with E-state index < -0.39 is 0 Å². The summed E-state index contributed by atoms with van der Waals surface area (Å²) in [4.78, 5) is 6.83. The summed E-state index contributed by atoms with van der Waals surface area (Å²) in [6.07, 6.45) is 1.81. The van der Waals surface area contributed by atoms with E-state index in [1.165, 1.54) is 0 Å². The van der Waals surface area contributed by atoms with Crippen LogP contribution < -0.4 is 19.7 Å². The molecule has 0 aliphatic carbocycles. The first-order valence-corrected chi connectivity index (χ1v) is 12.4. The molecule has 1 aliphatic rings. The molecule has 2 unspecified atom stereocenters. The average Bonchev–Trinajstić information content (AvgIpc) is 3.39. The van der Waals surface area contributed by atoms with Crippen molar-refractivity contribution < 1.29 is 9.47 Å². The molecule has 2 aromatic heterocycles. The van der Waals surface area contributed by atoms with Crippen LogP contribution in [0.3, 0.4) is 0 Å². The third-order valence-electron chi connectivity index (χ3n) is 6.62. The molecule has 0 saturated carbocycles. The second-order valence-electron chi connectivity index (χ2n) is 8.67. The minimum absolute atomic E-state index is 0.133. The Morgan fingerprint density at radius 3 is 2.42 bits per heavy atom. The monoisotopic (exact) mass is 518 g/mol. The van der Waals surface area contributed by atoms with Crippen LogP contribution in [0.5, 0.6) is 11.5 Å². The van der Waals surface area contributed by atoms with Crippen molar-refractivity contribution in [1.29, 1.82) is 0 Å². The molecular weight excluding hydrogens is 492 g/mol. The number of nitrogens with zero attached hydrogens (tertiary/aromatic N) is 3. The molecule has 1 N–H and O–H groups in total. The third kappa shape index (κ3) is 4.18. The van der Waals surface area contributed by atoms with E-state index in [1.54, 1.807) is 14.2 Å². The predicted molar refractivity (Wildman–Crippen MR) is 148 cm³/mol. The number of hydrogen-bond donors (Lipinski definition) is 1. The van der Waals surface area contributed by atoms with Gasteiger partial charge in [-0.1, -0.05) is 17.7 Å². The molecule has 0 spiro atoms. The summed E-state index contributed by atoms with van der Waals surface area (Å²) in [5.41, 5.74) is 6.06. The summed E-state index contributed by atoms with van der Waals surface area (Å²) in [6, 6.07) is 21.5. The van der Waals surface area contributed by atoms with E-state index in [2.05, 4.69) is 39.7 Å². The molecule has 2 aromatic carbocycles. The van der Waals surface area contributed by atoms with Gasteiger partial charge in [0, 0.05) is 28.3 Å². The van der Waals surface area contributed by atoms with Gasteiger partial charge >= 0.3 is 0 Å². The average molecular weight is 519 g/mol. The molecule has 1 saturated heterocycles. The van der Waals surface area contributed by atoms with Gasteiger partial charge < -0.3 is 24.3 Å². The maximum Gasteiger partial charge on any atom is 0.174 e. The molecular formula is C28H27ClN4O2S. The Labute approximate surface area is 221 Å². The first-order valence-electron chi connectivity index (χ1n) is 11.6. The molecule has 2 atom stereocenters. The van der Waals surface area contributed by atoms with Crippen LogP contribution in [-0.2, 0) is 0 Å². The Morgan fingerprint density at radius 2 is 1.75 bits per heavy atom. The summed E-state index contributed by atoms with van der Waals surface area (Å²) in [6.45, 7) is 4.21. The SMILES string of the molecule is COc1ccc(N2C(=S)NC(c3ccccn3)C2c2cc(C)n(-c3cc(Cl)ccc3OC)c2C)cc1. The molecule has 184 valence electrons. The van der Waals surface area contributed by atoms with Crippen LogP contribution in [0, 0.1) is 13.8 Å². The molecule has 8 heteroatoms. The van der Waals surface area contributed by atoms with Crippen molar-refractivity contribution in [3.8, 4) is 17.2 Å². The molecule has 6 nitrogen and oxygen atoms in total. The fourth-order valence-corrected chi connectivity index (χ4v) is 5.50. The zero-order chi connectivity index (χ0) is 25.4. The number of aryl methyl sites for hydroxylation is 1. The van der Waals surface area contributed by atoms with E-state index in [-0.39, 0.29) is 12.1 Å². The zero-order valence-electron chi connectivity index (χ0n) is 20.5. The van der Waals surface area contributed by atoms with Gasteiger partial charge in [0.05, 0.1) is 37.7 Å². The first-order chi connectivity index (χ1) is 17.4. The summed E-state index contributed by atoms with van der Waals surface area (Å²) in [5, 5.41) is 4.82. The highest BCUT2D eigenvalue weighted by Gasteiger charge is 2.42. The Balaban J connectivity index is 1.69. The van der Waals surface area contributed by atoms with Gasteiger partial charge in [0.25, 0.3) is 0 Å². The smallest absolute Gasteiger partial charge is 0.174 e. The van der Waals surface area contributed by atoms with Crippen molar-refractivity contribution in [2.75, 3.05) is 19.1 Å². The van der Waals surface area contributed by atoms with Gasteiger partial charge in [0.1, 0.15) is 11.5 Å². The number of aromatic nitrogens is 2. The highest BCUT2D eigenvalue weighted by atomic mass is 35.5. The first kappa shape index (κ1) is 24.2. The van der Waals surface area contributed by atoms with E-state index in [9.17, 15) is 0 Å². The fraction of sp³-hybridized carbons (Fsp3) is 0.214. The topological polar surface area (TPSA) is 51.5 Å². The van der Waals surface area contributed by atoms with Gasteiger partial charge in [-0.05, 0) is 92.3 Å². The van der Waals surface area contributed by atoms with Gasteiger partial charge in [-0.2, -0.15) is 0 Å². The lowest BCUT2D eigenvalue weighted by Gasteiger charge is -2.28. The largest absolute Gasteiger partial charge is 0.497 e. The molecule has 1 fully saturated rings. The van der Waals surface area contributed by atoms with Crippen LogP contribution in [0.1, 0.15) is 34.7 Å². The number of pyridine rings is 1. The van der Waals surface area contributed by atoms with Gasteiger partial charge in [-0.15, -0.1) is 0 Å². The molecule has 0 radical (unpaired) electrons. The van der Waals surface area contributed by atoms with Crippen LogP contribution in [-0.4, -0.2) is 28.9 Å². The highest BCUT2D eigenvalue weighted by molar-refractivity contribution is 7.80. The number of halogens is 1. The van der Waals surface area contributed by atoms with Gasteiger partial charge in [0.15, 0.2) is 5.11 Å². The molecule has 36 heavy (non-hydrogen) atoms. The van der Waals surface area contributed by atoms with E-state index in [0.717, 1.165) is 45.5 Å². The van der Waals surface area contributed by atoms with Gasteiger partial charge in [-0.3, -0.25) is 4.98 Å². The zero-order valence-corrected chi connectivity index (χ0v) is 22.1. The molecule has 4 aromatic rings. The molecule has 3 heterocycles. The lowest BCUT2D eigenvalue weighted by molar-refractivity contribution is 0.412. The quantitative estimate of drug-likeness (QED) is 0.301. The minimum atomic E-state index is -0.143.